The van der Waals surface area contributed by atoms with E-state index in [-0.39, 0.29) is 11.0 Å². The van der Waals surface area contributed by atoms with Gasteiger partial charge >= 0.3 is 0 Å². The van der Waals surface area contributed by atoms with Crippen molar-refractivity contribution < 1.29 is 0 Å². The topological polar surface area (TPSA) is 6.48 Å². The number of benzene rings is 1. The van der Waals surface area contributed by atoms with Crippen molar-refractivity contribution in [2.24, 2.45) is 0 Å². The maximum atomic E-state index is 2.49. The van der Waals surface area contributed by atoms with Crippen LogP contribution in [-0.2, 0) is 11.0 Å². The molecule has 1 fully saturated rings. The molecule has 0 spiro atoms. The maximum Gasteiger partial charge on any atom is 0.0557 e. The van der Waals surface area contributed by atoms with Crippen molar-refractivity contribution in [1.29, 1.82) is 0 Å². The van der Waals surface area contributed by atoms with E-state index in [0.717, 1.165) is 19.6 Å². The molecule has 0 saturated carbocycles. The minimum absolute atomic E-state index is 0.128. The van der Waals surface area contributed by atoms with Gasteiger partial charge in [0.25, 0.3) is 0 Å². The fourth-order valence-electron chi connectivity index (χ4n) is 2.93. The molecule has 1 aliphatic heterocycles. The van der Waals surface area contributed by atoms with Gasteiger partial charge in [0.15, 0.2) is 0 Å². The zero-order valence-corrected chi connectivity index (χ0v) is 13.3. The Morgan fingerprint density at radius 1 is 1.00 bits per heavy atom. The molecule has 0 bridgehead atoms. The predicted octanol–water partition coefficient (Wildman–Crippen LogP) is 3.08. The van der Waals surface area contributed by atoms with Gasteiger partial charge in [0.1, 0.15) is 0 Å². The zero-order valence-electron chi connectivity index (χ0n) is 13.3. The van der Waals surface area contributed by atoms with Gasteiger partial charge in [-0.3, -0.25) is 4.90 Å². The summed E-state index contributed by atoms with van der Waals surface area (Å²) in [5.41, 5.74) is 3.19. The first-order chi connectivity index (χ1) is 8.73. The molecule has 19 heavy (non-hydrogen) atoms. The van der Waals surface area contributed by atoms with Crippen molar-refractivity contribution in [3.8, 4) is 0 Å². The van der Waals surface area contributed by atoms with Crippen LogP contribution in [0, 0.1) is 0 Å². The summed E-state index contributed by atoms with van der Waals surface area (Å²) >= 11 is 0. The van der Waals surface area contributed by atoms with Gasteiger partial charge in [0.05, 0.1) is 5.54 Å². The SMILES string of the molecule is CN1CCN(C)C(C)(c2ccc(C(C)(C)C)cc2)C1. The second-order valence-electron chi connectivity index (χ2n) is 7.26. The third-order valence-electron chi connectivity index (χ3n) is 4.61. The fourth-order valence-corrected chi connectivity index (χ4v) is 2.93. The monoisotopic (exact) mass is 260 g/mol. The number of likely N-dealkylation sites (N-methyl/N-ethyl adjacent to an activating group) is 2. The summed E-state index contributed by atoms with van der Waals surface area (Å²) in [5.74, 6) is 0. The Balaban J connectivity index is 2.30. The van der Waals surface area contributed by atoms with Gasteiger partial charge in [-0.25, -0.2) is 0 Å². The summed E-state index contributed by atoms with van der Waals surface area (Å²) < 4.78 is 0. The Morgan fingerprint density at radius 3 is 2.11 bits per heavy atom. The summed E-state index contributed by atoms with van der Waals surface area (Å²) in [6.45, 7) is 12.5. The first-order valence-corrected chi connectivity index (χ1v) is 7.24. The third-order valence-corrected chi connectivity index (χ3v) is 4.61. The van der Waals surface area contributed by atoms with Crippen LogP contribution in [0.2, 0.25) is 0 Å². The lowest BCUT2D eigenvalue weighted by molar-refractivity contribution is 0.0379. The van der Waals surface area contributed by atoms with E-state index >= 15 is 0 Å². The molecule has 0 aliphatic carbocycles. The highest BCUT2D eigenvalue weighted by molar-refractivity contribution is 5.32. The van der Waals surface area contributed by atoms with Gasteiger partial charge in [0.2, 0.25) is 0 Å². The molecule has 1 aromatic carbocycles. The fraction of sp³-hybridized carbons (Fsp3) is 0.647. The molecule has 1 saturated heterocycles. The highest BCUT2D eigenvalue weighted by atomic mass is 15.3. The Kier molecular flexibility index (Phi) is 3.76. The van der Waals surface area contributed by atoms with Crippen molar-refractivity contribution in [2.45, 2.75) is 38.6 Å². The minimum atomic E-state index is 0.128. The summed E-state index contributed by atoms with van der Waals surface area (Å²) in [6, 6.07) is 9.22. The van der Waals surface area contributed by atoms with Crippen LogP contribution in [0.5, 0.6) is 0 Å². The highest BCUT2D eigenvalue weighted by Crippen LogP contribution is 2.32. The number of hydrogen-bond donors (Lipinski definition) is 0. The van der Waals surface area contributed by atoms with E-state index in [0.29, 0.717) is 0 Å². The summed E-state index contributed by atoms with van der Waals surface area (Å²) in [7, 11) is 4.46. The number of hydrogen-bond acceptors (Lipinski definition) is 2. The lowest BCUT2D eigenvalue weighted by Gasteiger charge is -2.47. The van der Waals surface area contributed by atoms with E-state index in [1.165, 1.54) is 11.1 Å². The Labute approximate surface area is 118 Å². The normalized spacial score (nSPS) is 26.6. The van der Waals surface area contributed by atoms with Crippen LogP contribution >= 0.6 is 0 Å². The van der Waals surface area contributed by atoms with Crippen LogP contribution in [0.4, 0.5) is 0 Å². The van der Waals surface area contributed by atoms with Gasteiger partial charge in [-0.15, -0.1) is 0 Å². The molecule has 1 heterocycles. The molecular weight excluding hydrogens is 232 g/mol. The third kappa shape index (κ3) is 2.85. The van der Waals surface area contributed by atoms with E-state index in [9.17, 15) is 0 Å². The van der Waals surface area contributed by atoms with Crippen molar-refractivity contribution in [1.82, 2.24) is 9.80 Å². The standard InChI is InChI=1S/C17H28N2/c1-16(2,3)14-7-9-15(10-8-14)17(4)13-18(5)11-12-19(17)6/h7-10H,11-13H2,1-6H3. The quantitative estimate of drug-likeness (QED) is 0.765. The first kappa shape index (κ1) is 14.5. The van der Waals surface area contributed by atoms with Crippen LogP contribution in [0.15, 0.2) is 24.3 Å². The van der Waals surface area contributed by atoms with Crippen LogP contribution < -0.4 is 0 Å². The van der Waals surface area contributed by atoms with Crippen molar-refractivity contribution >= 4 is 0 Å². The van der Waals surface area contributed by atoms with E-state index < -0.39 is 0 Å². The molecule has 1 atom stereocenters. The Morgan fingerprint density at radius 2 is 1.58 bits per heavy atom. The van der Waals surface area contributed by atoms with Crippen LogP contribution in [-0.4, -0.2) is 43.5 Å². The predicted molar refractivity (Wildman–Crippen MR) is 82.6 cm³/mol. The molecule has 0 amide bonds. The second-order valence-corrected chi connectivity index (χ2v) is 7.26. The van der Waals surface area contributed by atoms with Crippen molar-refractivity contribution in [3.63, 3.8) is 0 Å². The summed E-state index contributed by atoms with van der Waals surface area (Å²) in [6.07, 6.45) is 0. The van der Waals surface area contributed by atoms with Crippen LogP contribution in [0.1, 0.15) is 38.8 Å². The molecule has 106 valence electrons. The average molecular weight is 260 g/mol. The number of nitrogens with zero attached hydrogens (tertiary/aromatic N) is 2. The lowest BCUT2D eigenvalue weighted by atomic mass is 9.83. The van der Waals surface area contributed by atoms with E-state index in [1.54, 1.807) is 0 Å². The van der Waals surface area contributed by atoms with Gasteiger partial charge in [-0.05, 0) is 37.6 Å². The molecule has 1 aliphatic rings. The lowest BCUT2D eigenvalue weighted by Crippen LogP contribution is -2.56. The molecule has 1 aromatic rings. The van der Waals surface area contributed by atoms with E-state index in [4.69, 9.17) is 0 Å². The number of piperazine rings is 1. The first-order valence-electron chi connectivity index (χ1n) is 7.24. The van der Waals surface area contributed by atoms with Crippen molar-refractivity contribution in [3.05, 3.63) is 35.4 Å². The highest BCUT2D eigenvalue weighted by Gasteiger charge is 2.35. The molecule has 0 radical (unpaired) electrons. The zero-order chi connectivity index (χ0) is 14.3. The number of rotatable bonds is 1. The minimum Gasteiger partial charge on any atom is -0.303 e. The summed E-state index contributed by atoms with van der Waals surface area (Å²) in [5, 5.41) is 0. The van der Waals surface area contributed by atoms with Crippen LogP contribution in [0.3, 0.4) is 0 Å². The molecule has 0 aromatic heterocycles. The smallest absolute Gasteiger partial charge is 0.0557 e. The average Bonchev–Trinajstić information content (AvgIpc) is 2.33. The molecule has 2 heteroatoms. The second kappa shape index (κ2) is 4.92. The molecule has 2 rings (SSSR count). The van der Waals surface area contributed by atoms with Crippen LogP contribution in [0.25, 0.3) is 0 Å². The van der Waals surface area contributed by atoms with E-state index in [2.05, 4.69) is 75.9 Å². The summed E-state index contributed by atoms with van der Waals surface area (Å²) in [4.78, 5) is 4.91. The molecular formula is C17H28N2. The molecule has 2 nitrogen and oxygen atoms in total. The maximum absolute atomic E-state index is 2.49. The van der Waals surface area contributed by atoms with Gasteiger partial charge in [-0.2, -0.15) is 0 Å². The van der Waals surface area contributed by atoms with Crippen molar-refractivity contribution in [2.75, 3.05) is 33.7 Å². The molecule has 0 N–H and O–H groups in total. The Hall–Kier alpha value is -0.860. The van der Waals surface area contributed by atoms with Gasteiger partial charge < -0.3 is 4.90 Å². The molecule has 1 unspecified atom stereocenters. The van der Waals surface area contributed by atoms with Gasteiger partial charge in [0, 0.05) is 19.6 Å². The largest absolute Gasteiger partial charge is 0.303 e. The Bertz CT molecular complexity index is 430. The van der Waals surface area contributed by atoms with E-state index in [1.807, 2.05) is 0 Å². The van der Waals surface area contributed by atoms with Gasteiger partial charge in [-0.1, -0.05) is 45.0 Å².